The van der Waals surface area contributed by atoms with Gasteiger partial charge in [0.25, 0.3) is 0 Å². The zero-order chi connectivity index (χ0) is 18.4. The first-order valence-electron chi connectivity index (χ1n) is 8.47. The van der Waals surface area contributed by atoms with E-state index >= 15 is 0 Å². The predicted octanol–water partition coefficient (Wildman–Crippen LogP) is 3.75. The third-order valence-corrected chi connectivity index (χ3v) is 6.25. The number of thioether (sulfide) groups is 1. The van der Waals surface area contributed by atoms with Crippen molar-refractivity contribution < 1.29 is 9.53 Å². The van der Waals surface area contributed by atoms with Gasteiger partial charge in [0.05, 0.1) is 17.9 Å². The molecule has 0 bridgehead atoms. The van der Waals surface area contributed by atoms with E-state index in [1.54, 1.807) is 0 Å². The number of carbonyl (C=O) groups is 1. The van der Waals surface area contributed by atoms with E-state index in [1.165, 1.54) is 23.1 Å². The standard InChI is InChI=1S/C17H21ClN4O2S2/c1-11(12-4-6-13(18)7-5-12)20-15(23)10-25-17-22-21-16(26-17)19-9-14-3-2-8-24-14/h4-7,11,14H,2-3,8-10H2,1H3,(H,19,21)(H,20,23). The molecule has 6 nitrogen and oxygen atoms in total. The molecule has 1 aromatic heterocycles. The van der Waals surface area contributed by atoms with E-state index in [1.807, 2.05) is 31.2 Å². The van der Waals surface area contributed by atoms with Gasteiger partial charge in [-0.1, -0.05) is 46.8 Å². The molecule has 9 heteroatoms. The Balaban J connectivity index is 1.40. The van der Waals surface area contributed by atoms with Crippen molar-refractivity contribution in [1.29, 1.82) is 0 Å². The molecular formula is C17H21ClN4O2S2. The van der Waals surface area contributed by atoms with Gasteiger partial charge in [0, 0.05) is 18.2 Å². The first kappa shape index (κ1) is 19.4. The highest BCUT2D eigenvalue weighted by Gasteiger charge is 2.16. The highest BCUT2D eigenvalue weighted by atomic mass is 35.5. The predicted molar refractivity (Wildman–Crippen MR) is 106 cm³/mol. The van der Waals surface area contributed by atoms with Crippen molar-refractivity contribution in [3.8, 4) is 0 Å². The summed E-state index contributed by atoms with van der Waals surface area (Å²) in [6.45, 7) is 3.54. The van der Waals surface area contributed by atoms with Crippen molar-refractivity contribution in [1.82, 2.24) is 15.5 Å². The Morgan fingerprint density at radius 3 is 2.96 bits per heavy atom. The molecule has 0 aliphatic carbocycles. The summed E-state index contributed by atoms with van der Waals surface area (Å²) >= 11 is 8.73. The highest BCUT2D eigenvalue weighted by molar-refractivity contribution is 8.01. The Labute approximate surface area is 166 Å². The number of nitrogens with zero attached hydrogens (tertiary/aromatic N) is 2. The molecule has 2 aromatic rings. The average molecular weight is 413 g/mol. The summed E-state index contributed by atoms with van der Waals surface area (Å²) in [5.41, 5.74) is 1.02. The molecule has 1 amide bonds. The SMILES string of the molecule is CC(NC(=O)CSc1nnc(NCC2CCCO2)s1)c1ccc(Cl)cc1. The molecule has 2 unspecified atom stereocenters. The molecule has 2 N–H and O–H groups in total. The normalized spacial score (nSPS) is 17.8. The maximum atomic E-state index is 12.1. The Morgan fingerprint density at radius 1 is 1.42 bits per heavy atom. The van der Waals surface area contributed by atoms with Crippen LogP contribution in [0.1, 0.15) is 31.4 Å². The first-order valence-corrected chi connectivity index (χ1v) is 10.6. The number of hydrogen-bond acceptors (Lipinski definition) is 7. The molecule has 1 fully saturated rings. The number of hydrogen-bond donors (Lipinski definition) is 2. The summed E-state index contributed by atoms with van der Waals surface area (Å²) in [6, 6.07) is 7.40. The van der Waals surface area contributed by atoms with Crippen molar-refractivity contribution in [3.63, 3.8) is 0 Å². The molecule has 0 spiro atoms. The van der Waals surface area contributed by atoms with Gasteiger partial charge in [-0.2, -0.15) is 0 Å². The van der Waals surface area contributed by atoms with Crippen molar-refractivity contribution >= 4 is 45.7 Å². The number of anilines is 1. The zero-order valence-corrected chi connectivity index (χ0v) is 16.8. The summed E-state index contributed by atoms with van der Waals surface area (Å²) in [5.74, 6) is 0.264. The molecule has 2 heterocycles. The van der Waals surface area contributed by atoms with Crippen molar-refractivity contribution in [2.24, 2.45) is 0 Å². The molecule has 26 heavy (non-hydrogen) atoms. The molecular weight excluding hydrogens is 392 g/mol. The number of rotatable bonds is 8. The van der Waals surface area contributed by atoms with Crippen LogP contribution in [0.25, 0.3) is 0 Å². The fourth-order valence-electron chi connectivity index (χ4n) is 2.59. The fraction of sp³-hybridized carbons (Fsp3) is 0.471. The van der Waals surface area contributed by atoms with E-state index in [2.05, 4.69) is 20.8 Å². The van der Waals surface area contributed by atoms with Crippen LogP contribution >= 0.6 is 34.7 Å². The second kappa shape index (κ2) is 9.55. The lowest BCUT2D eigenvalue weighted by atomic mass is 10.1. The van der Waals surface area contributed by atoms with Gasteiger partial charge in [-0.25, -0.2) is 0 Å². The number of aromatic nitrogens is 2. The number of amides is 1. The van der Waals surface area contributed by atoms with Crippen LogP contribution in [-0.4, -0.2) is 41.1 Å². The van der Waals surface area contributed by atoms with Gasteiger partial charge in [0.1, 0.15) is 0 Å². The van der Waals surface area contributed by atoms with E-state index in [0.717, 1.165) is 41.0 Å². The first-order chi connectivity index (χ1) is 12.6. The molecule has 1 aromatic carbocycles. The molecule has 1 aliphatic rings. The molecule has 1 aliphatic heterocycles. The summed E-state index contributed by atoms with van der Waals surface area (Å²) < 4.78 is 6.34. The molecule has 0 saturated carbocycles. The quantitative estimate of drug-likeness (QED) is 0.643. The number of benzene rings is 1. The third-order valence-electron chi connectivity index (χ3n) is 3.99. The van der Waals surface area contributed by atoms with Crippen molar-refractivity contribution in [2.75, 3.05) is 24.2 Å². The molecule has 1 saturated heterocycles. The number of ether oxygens (including phenoxy) is 1. The van der Waals surface area contributed by atoms with Crippen LogP contribution in [0.3, 0.4) is 0 Å². The zero-order valence-electron chi connectivity index (χ0n) is 14.4. The highest BCUT2D eigenvalue weighted by Crippen LogP contribution is 2.26. The van der Waals surface area contributed by atoms with Crippen LogP contribution in [0.5, 0.6) is 0 Å². The average Bonchev–Trinajstić information content (AvgIpc) is 3.30. The van der Waals surface area contributed by atoms with Crippen LogP contribution in [0.4, 0.5) is 5.13 Å². The Hall–Kier alpha value is -1.35. The smallest absolute Gasteiger partial charge is 0.230 e. The molecule has 3 rings (SSSR count). The van der Waals surface area contributed by atoms with Gasteiger partial charge in [0.15, 0.2) is 4.34 Å². The largest absolute Gasteiger partial charge is 0.376 e. The van der Waals surface area contributed by atoms with Crippen molar-refractivity contribution in [3.05, 3.63) is 34.9 Å². The Morgan fingerprint density at radius 2 is 2.23 bits per heavy atom. The van der Waals surface area contributed by atoms with Crippen LogP contribution in [0.15, 0.2) is 28.6 Å². The maximum Gasteiger partial charge on any atom is 0.230 e. The number of carbonyl (C=O) groups excluding carboxylic acids is 1. The fourth-order valence-corrected chi connectivity index (χ4v) is 4.29. The van der Waals surface area contributed by atoms with E-state index in [0.29, 0.717) is 10.8 Å². The number of halogens is 1. The monoisotopic (exact) mass is 412 g/mol. The topological polar surface area (TPSA) is 76.1 Å². The molecule has 140 valence electrons. The second-order valence-corrected chi connectivity index (χ2v) is 8.65. The van der Waals surface area contributed by atoms with E-state index in [4.69, 9.17) is 16.3 Å². The minimum atomic E-state index is -0.0709. The lowest BCUT2D eigenvalue weighted by molar-refractivity contribution is -0.119. The second-order valence-electron chi connectivity index (χ2n) is 6.02. The van der Waals surface area contributed by atoms with Crippen LogP contribution in [0.2, 0.25) is 5.02 Å². The van der Waals surface area contributed by atoms with Gasteiger partial charge in [-0.05, 0) is 37.5 Å². The Kier molecular flexibility index (Phi) is 7.13. The van der Waals surface area contributed by atoms with Gasteiger partial charge >= 0.3 is 0 Å². The van der Waals surface area contributed by atoms with E-state index in [9.17, 15) is 4.79 Å². The summed E-state index contributed by atoms with van der Waals surface area (Å²) in [5, 5.41) is 15.9. The third kappa shape index (κ3) is 5.84. The summed E-state index contributed by atoms with van der Waals surface area (Å²) in [6.07, 6.45) is 2.46. The lowest BCUT2D eigenvalue weighted by Crippen LogP contribution is -2.28. The van der Waals surface area contributed by atoms with E-state index < -0.39 is 0 Å². The summed E-state index contributed by atoms with van der Waals surface area (Å²) in [7, 11) is 0. The maximum absolute atomic E-state index is 12.1. The van der Waals surface area contributed by atoms with Crippen LogP contribution in [-0.2, 0) is 9.53 Å². The van der Waals surface area contributed by atoms with Gasteiger partial charge < -0.3 is 15.4 Å². The molecule has 2 atom stereocenters. The number of nitrogens with one attached hydrogen (secondary N) is 2. The Bertz CT molecular complexity index is 720. The van der Waals surface area contributed by atoms with Crippen molar-refractivity contribution in [2.45, 2.75) is 36.3 Å². The minimum Gasteiger partial charge on any atom is -0.376 e. The van der Waals surface area contributed by atoms with Gasteiger partial charge in [0.2, 0.25) is 11.0 Å². The van der Waals surface area contributed by atoms with Crippen LogP contribution < -0.4 is 10.6 Å². The molecule has 0 radical (unpaired) electrons. The van der Waals surface area contributed by atoms with E-state index in [-0.39, 0.29) is 18.1 Å². The minimum absolute atomic E-state index is 0.0403. The van der Waals surface area contributed by atoms with Crippen LogP contribution in [0, 0.1) is 0 Å². The summed E-state index contributed by atoms with van der Waals surface area (Å²) in [4.78, 5) is 12.1. The van der Waals surface area contributed by atoms with Gasteiger partial charge in [-0.3, -0.25) is 4.79 Å². The lowest BCUT2D eigenvalue weighted by Gasteiger charge is -2.14. The van der Waals surface area contributed by atoms with Gasteiger partial charge in [-0.15, -0.1) is 10.2 Å².